The van der Waals surface area contributed by atoms with Crippen molar-refractivity contribution in [2.24, 2.45) is 0 Å². The van der Waals surface area contributed by atoms with Gasteiger partial charge >= 0.3 is 5.69 Å². The van der Waals surface area contributed by atoms with E-state index in [2.05, 4.69) is 25.7 Å². The van der Waals surface area contributed by atoms with Crippen molar-refractivity contribution in [2.75, 3.05) is 11.5 Å². The third kappa shape index (κ3) is 1.48. The van der Waals surface area contributed by atoms with E-state index in [1.54, 1.807) is 0 Å². The Morgan fingerprint density at radius 2 is 2.12 bits per heavy atom. The number of aromatic amines is 1. The normalized spacial score (nSPS) is 9.75. The van der Waals surface area contributed by atoms with Crippen molar-refractivity contribution in [3.05, 3.63) is 10.1 Å². The largest absolute Gasteiger partial charge is 0.412 e. The number of nitrogens with two attached hydrogens (primary N) is 2. The summed E-state index contributed by atoms with van der Waals surface area (Å²) in [6, 6.07) is 0. The van der Waals surface area contributed by atoms with E-state index < -0.39 is 10.6 Å². The van der Waals surface area contributed by atoms with E-state index >= 15 is 0 Å². The zero-order valence-electron chi connectivity index (χ0n) is 7.65. The number of nitro groups is 1. The van der Waals surface area contributed by atoms with Crippen molar-refractivity contribution in [3.8, 4) is 5.95 Å². The summed E-state index contributed by atoms with van der Waals surface area (Å²) in [7, 11) is 0. The quantitative estimate of drug-likeness (QED) is 0.374. The van der Waals surface area contributed by atoms with Crippen LogP contribution in [0.15, 0.2) is 0 Å². The number of tetrazole rings is 1. The van der Waals surface area contributed by atoms with Crippen LogP contribution in [0.5, 0.6) is 0 Å². The second-order valence-electron chi connectivity index (χ2n) is 2.50. The fraction of sp³-hybridized carbons (Fsp3) is 0. The molecule has 0 fully saturated rings. The molecule has 0 aliphatic heterocycles. The van der Waals surface area contributed by atoms with Gasteiger partial charge in [0.05, 0.1) is 4.92 Å². The van der Waals surface area contributed by atoms with Crippen molar-refractivity contribution in [1.82, 2.24) is 30.4 Å². The number of nitrogens with one attached hydrogen (secondary N) is 1. The SMILES string of the molecule is Nc1nn(-c2nn[nH]n2)c(N)c1[N+](=O)[O-].O. The number of hydrogen-bond donors (Lipinski definition) is 3. The molecule has 0 aliphatic rings. The second kappa shape index (κ2) is 3.77. The molecule has 16 heavy (non-hydrogen) atoms. The molecule has 0 saturated heterocycles. The minimum absolute atomic E-state index is 0. The van der Waals surface area contributed by atoms with Gasteiger partial charge in [-0.25, -0.2) is 0 Å². The van der Waals surface area contributed by atoms with Gasteiger partial charge in [-0.2, -0.15) is 9.90 Å². The molecule has 2 aromatic rings. The standard InChI is InChI=1S/C4H5N9O2.H2O/c5-2-1(13(14)15)3(6)12(9-2)4-7-10-11-8-4;/h6H2,(H2,5,9)(H,7,8,10,11);1H2. The Balaban J connectivity index is 0.00000128. The molecule has 0 amide bonds. The van der Waals surface area contributed by atoms with Crippen molar-refractivity contribution in [3.63, 3.8) is 0 Å². The molecule has 0 bridgehead atoms. The number of nitrogens with zero attached hydrogens (tertiary/aromatic N) is 6. The Hall–Kier alpha value is -2.76. The first-order valence-electron chi connectivity index (χ1n) is 3.63. The van der Waals surface area contributed by atoms with Crippen LogP contribution in [0.25, 0.3) is 5.95 Å². The van der Waals surface area contributed by atoms with Crippen molar-refractivity contribution < 1.29 is 10.4 Å². The average Bonchev–Trinajstić information content (AvgIpc) is 2.72. The summed E-state index contributed by atoms with van der Waals surface area (Å²) in [5, 5.41) is 26.7. The van der Waals surface area contributed by atoms with E-state index in [-0.39, 0.29) is 23.1 Å². The van der Waals surface area contributed by atoms with Gasteiger partial charge < -0.3 is 16.9 Å². The summed E-state index contributed by atoms with van der Waals surface area (Å²) in [4.78, 5) is 9.83. The number of hydrogen-bond acceptors (Lipinski definition) is 8. The number of H-pyrrole nitrogens is 1. The highest BCUT2D eigenvalue weighted by molar-refractivity contribution is 5.68. The topological polar surface area (TPSA) is 199 Å². The molecule has 12 nitrogen and oxygen atoms in total. The molecule has 7 N–H and O–H groups in total. The van der Waals surface area contributed by atoms with Gasteiger partial charge in [0.15, 0.2) is 0 Å². The smallest absolute Gasteiger partial charge is 0.354 e. The molecule has 0 unspecified atom stereocenters. The summed E-state index contributed by atoms with van der Waals surface area (Å²) in [5.41, 5.74) is 10.3. The van der Waals surface area contributed by atoms with Gasteiger partial charge in [-0.1, -0.05) is 5.10 Å². The minimum atomic E-state index is -0.728. The molecule has 2 aromatic heterocycles. The lowest BCUT2D eigenvalue weighted by atomic mass is 10.5. The van der Waals surface area contributed by atoms with Crippen LogP contribution in [-0.2, 0) is 0 Å². The number of aromatic nitrogens is 6. The Labute approximate surface area is 86.7 Å². The van der Waals surface area contributed by atoms with Gasteiger partial charge in [0.25, 0.3) is 5.95 Å². The first-order chi connectivity index (χ1) is 7.11. The van der Waals surface area contributed by atoms with Gasteiger partial charge in [-0.05, 0) is 5.21 Å². The Morgan fingerprint density at radius 3 is 2.56 bits per heavy atom. The molecule has 86 valence electrons. The number of anilines is 2. The molecule has 0 aliphatic carbocycles. The summed E-state index contributed by atoms with van der Waals surface area (Å²) in [6.45, 7) is 0. The maximum Gasteiger partial charge on any atom is 0.354 e. The predicted molar refractivity (Wildman–Crippen MR) is 50.4 cm³/mol. The zero-order valence-corrected chi connectivity index (χ0v) is 7.65. The highest BCUT2D eigenvalue weighted by atomic mass is 16.6. The molecule has 0 aromatic carbocycles. The number of nitrogen functional groups attached to an aromatic ring is 2. The Bertz CT molecular complexity index is 501. The fourth-order valence-corrected chi connectivity index (χ4v) is 1.03. The minimum Gasteiger partial charge on any atom is -0.412 e. The molecule has 2 heterocycles. The number of rotatable bonds is 2. The van der Waals surface area contributed by atoms with E-state index in [0.717, 1.165) is 4.68 Å². The van der Waals surface area contributed by atoms with Gasteiger partial charge in [-0.15, -0.1) is 10.2 Å². The molecule has 0 saturated carbocycles. The summed E-state index contributed by atoms with van der Waals surface area (Å²) in [5.74, 6) is -0.575. The van der Waals surface area contributed by atoms with Crippen molar-refractivity contribution >= 4 is 17.3 Å². The van der Waals surface area contributed by atoms with Crippen molar-refractivity contribution in [2.45, 2.75) is 0 Å². The monoisotopic (exact) mass is 229 g/mol. The lowest BCUT2D eigenvalue weighted by molar-refractivity contribution is -0.383. The molecule has 2 rings (SSSR count). The highest BCUT2D eigenvalue weighted by Crippen LogP contribution is 2.28. The third-order valence-corrected chi connectivity index (χ3v) is 1.63. The molecule has 0 spiro atoms. The van der Waals surface area contributed by atoms with E-state index in [1.807, 2.05) is 0 Å². The fourth-order valence-electron chi connectivity index (χ4n) is 1.03. The maximum atomic E-state index is 10.6. The van der Waals surface area contributed by atoms with Crippen LogP contribution >= 0.6 is 0 Å². The maximum absolute atomic E-state index is 10.6. The van der Waals surface area contributed by atoms with Crippen LogP contribution in [-0.4, -0.2) is 40.8 Å². The predicted octanol–water partition coefficient (Wildman–Crippen LogP) is -2.37. The van der Waals surface area contributed by atoms with Gasteiger partial charge in [-0.3, -0.25) is 10.1 Å². The van der Waals surface area contributed by atoms with Crippen molar-refractivity contribution in [1.29, 1.82) is 0 Å². The van der Waals surface area contributed by atoms with Crippen LogP contribution < -0.4 is 11.5 Å². The van der Waals surface area contributed by atoms with E-state index in [9.17, 15) is 10.1 Å². The lowest BCUT2D eigenvalue weighted by Crippen LogP contribution is -2.04. The zero-order chi connectivity index (χ0) is 11.0. The first-order valence-corrected chi connectivity index (χ1v) is 3.63. The average molecular weight is 229 g/mol. The lowest BCUT2D eigenvalue weighted by Gasteiger charge is -1.93. The second-order valence-corrected chi connectivity index (χ2v) is 2.50. The van der Waals surface area contributed by atoms with E-state index in [1.165, 1.54) is 0 Å². The highest BCUT2D eigenvalue weighted by Gasteiger charge is 2.26. The van der Waals surface area contributed by atoms with Gasteiger partial charge in [0.1, 0.15) is 0 Å². The van der Waals surface area contributed by atoms with Crippen LogP contribution in [0.1, 0.15) is 0 Å². The molecular weight excluding hydrogens is 222 g/mol. The van der Waals surface area contributed by atoms with Gasteiger partial charge in [0, 0.05) is 0 Å². The third-order valence-electron chi connectivity index (χ3n) is 1.63. The summed E-state index contributed by atoms with van der Waals surface area (Å²) >= 11 is 0. The van der Waals surface area contributed by atoms with Crippen LogP contribution in [0.4, 0.5) is 17.3 Å². The van der Waals surface area contributed by atoms with Crippen LogP contribution in [0.2, 0.25) is 0 Å². The summed E-state index contributed by atoms with van der Waals surface area (Å²) in [6.07, 6.45) is 0. The molecule has 12 heteroatoms. The molecular formula is C4H7N9O3. The molecule has 0 radical (unpaired) electrons. The van der Waals surface area contributed by atoms with E-state index in [0.29, 0.717) is 0 Å². The summed E-state index contributed by atoms with van der Waals surface area (Å²) < 4.78 is 0.928. The Kier molecular flexibility index (Phi) is 2.67. The Morgan fingerprint density at radius 1 is 1.44 bits per heavy atom. The van der Waals surface area contributed by atoms with E-state index in [4.69, 9.17) is 11.5 Å². The molecule has 0 atom stereocenters. The van der Waals surface area contributed by atoms with Crippen LogP contribution in [0, 0.1) is 10.1 Å². The first kappa shape index (κ1) is 11.3. The van der Waals surface area contributed by atoms with Crippen LogP contribution in [0.3, 0.4) is 0 Å². The van der Waals surface area contributed by atoms with Gasteiger partial charge in [0.2, 0.25) is 11.6 Å².